The zero-order valence-corrected chi connectivity index (χ0v) is 13.0. The van der Waals surface area contributed by atoms with Crippen molar-refractivity contribution in [2.45, 2.75) is 46.3 Å². The van der Waals surface area contributed by atoms with Crippen LogP contribution in [0, 0.1) is 5.41 Å². The summed E-state index contributed by atoms with van der Waals surface area (Å²) in [6.45, 7) is 11.5. The summed E-state index contributed by atoms with van der Waals surface area (Å²) in [4.78, 5) is 23.4. The molecule has 4 nitrogen and oxygen atoms in total. The standard InChI is InChI=1S/C13H24O4S/c1-7-16-10(14)12(3,4)9-18-13(5,6)11(15)17-8-2/h7-9H2,1-6H3. The highest BCUT2D eigenvalue weighted by molar-refractivity contribution is 8.01. The Morgan fingerprint density at radius 1 is 0.944 bits per heavy atom. The highest BCUT2D eigenvalue weighted by Crippen LogP contribution is 2.33. The third kappa shape index (κ3) is 5.29. The molecule has 18 heavy (non-hydrogen) atoms. The van der Waals surface area contributed by atoms with Crippen molar-refractivity contribution in [3.05, 3.63) is 0 Å². The Balaban J connectivity index is 4.46. The fourth-order valence-electron chi connectivity index (χ4n) is 1.11. The number of ether oxygens (including phenoxy) is 2. The van der Waals surface area contributed by atoms with Crippen LogP contribution in [0.2, 0.25) is 0 Å². The Kier molecular flexibility index (Phi) is 6.74. The van der Waals surface area contributed by atoms with Gasteiger partial charge in [0.05, 0.1) is 18.6 Å². The summed E-state index contributed by atoms with van der Waals surface area (Å²) in [5.74, 6) is 0.0179. The van der Waals surface area contributed by atoms with Gasteiger partial charge in [-0.2, -0.15) is 0 Å². The molecule has 0 saturated carbocycles. The molecule has 0 saturated heterocycles. The third-order valence-corrected chi connectivity index (χ3v) is 4.14. The monoisotopic (exact) mass is 276 g/mol. The molecule has 0 unspecified atom stereocenters. The van der Waals surface area contributed by atoms with Gasteiger partial charge in [0.15, 0.2) is 0 Å². The fourth-order valence-corrected chi connectivity index (χ4v) is 2.13. The maximum atomic E-state index is 11.7. The van der Waals surface area contributed by atoms with Gasteiger partial charge in [-0.25, -0.2) is 0 Å². The summed E-state index contributed by atoms with van der Waals surface area (Å²) in [6.07, 6.45) is 0. The minimum atomic E-state index is -0.653. The summed E-state index contributed by atoms with van der Waals surface area (Å²) >= 11 is 1.41. The smallest absolute Gasteiger partial charge is 0.321 e. The van der Waals surface area contributed by atoms with E-state index in [1.54, 1.807) is 27.7 Å². The molecule has 106 valence electrons. The first-order valence-corrected chi connectivity index (χ1v) is 7.14. The van der Waals surface area contributed by atoms with Crippen LogP contribution in [-0.4, -0.2) is 35.7 Å². The van der Waals surface area contributed by atoms with Crippen molar-refractivity contribution in [2.75, 3.05) is 19.0 Å². The predicted octanol–water partition coefficient (Wildman–Crippen LogP) is 2.65. The van der Waals surface area contributed by atoms with Crippen LogP contribution in [0.25, 0.3) is 0 Å². The normalized spacial score (nSPS) is 12.1. The van der Waals surface area contributed by atoms with Gasteiger partial charge < -0.3 is 9.47 Å². The van der Waals surface area contributed by atoms with Crippen molar-refractivity contribution < 1.29 is 19.1 Å². The van der Waals surface area contributed by atoms with Crippen LogP contribution < -0.4 is 0 Å². The Labute approximate surface area is 114 Å². The molecule has 5 heteroatoms. The molecular weight excluding hydrogens is 252 g/mol. The molecule has 0 rings (SSSR count). The second-order valence-electron chi connectivity index (χ2n) is 5.12. The first-order chi connectivity index (χ1) is 8.17. The second kappa shape index (κ2) is 7.02. The Hall–Kier alpha value is -0.710. The zero-order chi connectivity index (χ0) is 14.4. The van der Waals surface area contributed by atoms with E-state index in [9.17, 15) is 9.59 Å². The average molecular weight is 276 g/mol. The lowest BCUT2D eigenvalue weighted by Crippen LogP contribution is -2.35. The lowest BCUT2D eigenvalue weighted by molar-refractivity contribution is -0.152. The fraction of sp³-hybridized carbons (Fsp3) is 0.846. The van der Waals surface area contributed by atoms with Crippen LogP contribution >= 0.6 is 11.8 Å². The van der Waals surface area contributed by atoms with E-state index >= 15 is 0 Å². The summed E-state index contributed by atoms with van der Waals surface area (Å²) < 4.78 is 9.36. The SMILES string of the molecule is CCOC(=O)C(C)(C)CSC(C)(C)C(=O)OCC. The number of esters is 2. The van der Waals surface area contributed by atoms with Crippen molar-refractivity contribution in [1.82, 2.24) is 0 Å². The molecule has 0 N–H and O–H groups in total. The molecule has 0 aromatic carbocycles. The van der Waals surface area contributed by atoms with Crippen LogP contribution in [0.4, 0.5) is 0 Å². The van der Waals surface area contributed by atoms with E-state index in [4.69, 9.17) is 9.47 Å². The van der Waals surface area contributed by atoms with E-state index in [0.717, 1.165) is 0 Å². The Morgan fingerprint density at radius 2 is 1.39 bits per heavy atom. The molecule has 0 heterocycles. The molecule has 0 amide bonds. The summed E-state index contributed by atoms with van der Waals surface area (Å²) in [5.41, 5.74) is -0.607. The largest absolute Gasteiger partial charge is 0.466 e. The average Bonchev–Trinajstić information content (AvgIpc) is 2.27. The number of carbonyl (C=O) groups is 2. The molecule has 0 radical (unpaired) electrons. The minimum Gasteiger partial charge on any atom is -0.466 e. The van der Waals surface area contributed by atoms with E-state index in [0.29, 0.717) is 19.0 Å². The van der Waals surface area contributed by atoms with Gasteiger partial charge in [0.2, 0.25) is 0 Å². The molecule has 0 aliphatic carbocycles. The van der Waals surface area contributed by atoms with E-state index in [2.05, 4.69) is 0 Å². The maximum absolute atomic E-state index is 11.7. The van der Waals surface area contributed by atoms with Crippen molar-refractivity contribution in [1.29, 1.82) is 0 Å². The van der Waals surface area contributed by atoms with Gasteiger partial charge in [-0.15, -0.1) is 11.8 Å². The topological polar surface area (TPSA) is 52.6 Å². The number of hydrogen-bond donors (Lipinski definition) is 0. The van der Waals surface area contributed by atoms with Gasteiger partial charge in [0.25, 0.3) is 0 Å². The Bertz CT molecular complexity index is 267. The quantitative estimate of drug-likeness (QED) is 0.669. The molecule has 0 aliphatic heterocycles. The summed E-state index contributed by atoms with van der Waals surface area (Å²) in [7, 11) is 0. The lowest BCUT2D eigenvalue weighted by Gasteiger charge is -2.27. The maximum Gasteiger partial charge on any atom is 0.321 e. The van der Waals surface area contributed by atoms with Gasteiger partial charge in [-0.1, -0.05) is 0 Å². The predicted molar refractivity (Wildman–Crippen MR) is 73.6 cm³/mol. The first-order valence-electron chi connectivity index (χ1n) is 6.15. The van der Waals surface area contributed by atoms with Gasteiger partial charge in [0, 0.05) is 5.75 Å². The number of carbonyl (C=O) groups excluding carboxylic acids is 2. The number of thioether (sulfide) groups is 1. The Morgan fingerprint density at radius 3 is 1.83 bits per heavy atom. The highest BCUT2D eigenvalue weighted by atomic mass is 32.2. The van der Waals surface area contributed by atoms with E-state index < -0.39 is 10.2 Å². The van der Waals surface area contributed by atoms with Crippen LogP contribution in [0.5, 0.6) is 0 Å². The van der Waals surface area contributed by atoms with E-state index in [1.807, 2.05) is 13.8 Å². The van der Waals surface area contributed by atoms with E-state index in [1.165, 1.54) is 11.8 Å². The van der Waals surface area contributed by atoms with Crippen LogP contribution in [0.1, 0.15) is 41.5 Å². The molecule has 0 aliphatic rings. The first kappa shape index (κ1) is 17.3. The molecule has 0 aromatic rings. The molecule has 0 atom stereocenters. The van der Waals surface area contributed by atoms with Crippen molar-refractivity contribution in [3.8, 4) is 0 Å². The molecular formula is C13H24O4S. The third-order valence-electron chi connectivity index (χ3n) is 2.39. The van der Waals surface area contributed by atoms with Crippen molar-refractivity contribution in [3.63, 3.8) is 0 Å². The van der Waals surface area contributed by atoms with Crippen molar-refractivity contribution in [2.24, 2.45) is 5.41 Å². The molecule has 0 bridgehead atoms. The van der Waals surface area contributed by atoms with Gasteiger partial charge in [-0.3, -0.25) is 9.59 Å². The number of hydrogen-bond acceptors (Lipinski definition) is 5. The molecule has 0 fully saturated rings. The van der Waals surface area contributed by atoms with Crippen LogP contribution in [0.3, 0.4) is 0 Å². The van der Waals surface area contributed by atoms with Crippen LogP contribution in [0.15, 0.2) is 0 Å². The summed E-state index contributed by atoms with van der Waals surface area (Å²) in [6, 6.07) is 0. The second-order valence-corrected chi connectivity index (χ2v) is 6.72. The van der Waals surface area contributed by atoms with Crippen molar-refractivity contribution >= 4 is 23.7 Å². The minimum absolute atomic E-state index is 0.239. The van der Waals surface area contributed by atoms with Gasteiger partial charge in [0.1, 0.15) is 4.75 Å². The lowest BCUT2D eigenvalue weighted by atomic mass is 9.97. The van der Waals surface area contributed by atoms with Crippen LogP contribution in [-0.2, 0) is 19.1 Å². The highest BCUT2D eigenvalue weighted by Gasteiger charge is 2.36. The molecule has 0 aromatic heterocycles. The van der Waals surface area contributed by atoms with E-state index in [-0.39, 0.29) is 11.9 Å². The number of rotatable bonds is 7. The zero-order valence-electron chi connectivity index (χ0n) is 12.2. The van der Waals surface area contributed by atoms with Gasteiger partial charge in [-0.05, 0) is 41.5 Å². The summed E-state index contributed by atoms with van der Waals surface area (Å²) in [5, 5.41) is 0. The molecule has 0 spiro atoms. The van der Waals surface area contributed by atoms with Gasteiger partial charge >= 0.3 is 11.9 Å².